The fourth-order valence-electron chi connectivity index (χ4n) is 2.76. The Morgan fingerprint density at radius 1 is 1.36 bits per heavy atom. The molecule has 6 heteroatoms. The molecule has 0 aliphatic heterocycles. The van der Waals surface area contributed by atoms with Crippen molar-refractivity contribution >= 4 is 17.2 Å². The van der Waals surface area contributed by atoms with Crippen molar-refractivity contribution in [1.29, 1.82) is 0 Å². The number of H-pyrrole nitrogens is 1. The lowest BCUT2D eigenvalue weighted by Gasteiger charge is -2.15. The average Bonchev–Trinajstić information content (AvgIpc) is 3.04. The molecule has 0 unspecified atom stereocenters. The van der Waals surface area contributed by atoms with Crippen LogP contribution in [-0.2, 0) is 19.3 Å². The van der Waals surface area contributed by atoms with E-state index in [-0.39, 0.29) is 17.0 Å². The van der Waals surface area contributed by atoms with Crippen molar-refractivity contribution in [2.45, 2.75) is 38.5 Å². The number of aromatic nitrogens is 2. The molecule has 1 aliphatic carbocycles. The highest BCUT2D eigenvalue weighted by Crippen LogP contribution is 2.18. The Morgan fingerprint density at radius 2 is 2.23 bits per heavy atom. The highest BCUT2D eigenvalue weighted by atomic mass is 32.1. The number of carbonyl (C=O) groups is 1. The van der Waals surface area contributed by atoms with E-state index < -0.39 is 0 Å². The van der Waals surface area contributed by atoms with Gasteiger partial charge in [-0.2, -0.15) is 0 Å². The van der Waals surface area contributed by atoms with Crippen LogP contribution in [-0.4, -0.2) is 22.4 Å². The number of pyridine rings is 1. The van der Waals surface area contributed by atoms with Gasteiger partial charge in [0.2, 0.25) is 0 Å². The van der Waals surface area contributed by atoms with Crippen LogP contribution in [0.1, 0.15) is 45.9 Å². The molecule has 2 aromatic heterocycles. The maximum absolute atomic E-state index is 12.2. The molecule has 0 atom stereocenters. The van der Waals surface area contributed by atoms with Gasteiger partial charge in [0.15, 0.2) is 0 Å². The smallest absolute Gasteiger partial charge is 0.261 e. The van der Waals surface area contributed by atoms with Gasteiger partial charge in [0.1, 0.15) is 5.56 Å². The minimum absolute atomic E-state index is 0.231. The SMILES string of the molecule is O=C(NCCCc1nccs1)c1cc2c([nH]c1=O)CCCC2. The molecule has 0 bridgehead atoms. The molecule has 0 spiro atoms. The number of aryl methyl sites for hydroxylation is 3. The number of rotatable bonds is 5. The van der Waals surface area contributed by atoms with Crippen LogP contribution >= 0.6 is 11.3 Å². The third-order valence-electron chi connectivity index (χ3n) is 3.92. The fourth-order valence-corrected chi connectivity index (χ4v) is 3.42. The quantitative estimate of drug-likeness (QED) is 0.829. The summed E-state index contributed by atoms with van der Waals surface area (Å²) in [5.41, 5.74) is 2.06. The van der Waals surface area contributed by atoms with Crippen molar-refractivity contribution < 1.29 is 4.79 Å². The molecule has 0 fully saturated rings. The Morgan fingerprint density at radius 3 is 3.05 bits per heavy atom. The molecule has 0 saturated heterocycles. The van der Waals surface area contributed by atoms with Gasteiger partial charge in [-0.05, 0) is 43.7 Å². The first kappa shape index (κ1) is 15.0. The molecule has 0 radical (unpaired) electrons. The summed E-state index contributed by atoms with van der Waals surface area (Å²) in [7, 11) is 0. The predicted octanol–water partition coefficient (Wildman–Crippen LogP) is 2.07. The topological polar surface area (TPSA) is 74.8 Å². The normalized spacial score (nSPS) is 13.6. The Labute approximate surface area is 132 Å². The lowest BCUT2D eigenvalue weighted by Crippen LogP contribution is -2.31. The van der Waals surface area contributed by atoms with Gasteiger partial charge in [0, 0.05) is 30.2 Å². The van der Waals surface area contributed by atoms with Crippen molar-refractivity contribution in [1.82, 2.24) is 15.3 Å². The van der Waals surface area contributed by atoms with Gasteiger partial charge in [0.25, 0.3) is 11.5 Å². The summed E-state index contributed by atoms with van der Waals surface area (Å²) in [4.78, 5) is 31.3. The molecule has 116 valence electrons. The summed E-state index contributed by atoms with van der Waals surface area (Å²) >= 11 is 1.62. The fraction of sp³-hybridized carbons (Fsp3) is 0.438. The Hall–Kier alpha value is -1.95. The second kappa shape index (κ2) is 6.87. The molecule has 2 N–H and O–H groups in total. The van der Waals surface area contributed by atoms with Crippen LogP contribution < -0.4 is 10.9 Å². The van der Waals surface area contributed by atoms with E-state index in [2.05, 4.69) is 15.3 Å². The van der Waals surface area contributed by atoms with E-state index >= 15 is 0 Å². The van der Waals surface area contributed by atoms with Crippen LogP contribution in [0.2, 0.25) is 0 Å². The number of nitrogens with zero attached hydrogens (tertiary/aromatic N) is 1. The molecule has 5 nitrogen and oxygen atoms in total. The maximum Gasteiger partial charge on any atom is 0.261 e. The summed E-state index contributed by atoms with van der Waals surface area (Å²) in [6.45, 7) is 0.551. The predicted molar refractivity (Wildman–Crippen MR) is 86.5 cm³/mol. The first-order valence-corrected chi connectivity index (χ1v) is 8.53. The molecule has 3 rings (SSSR count). The van der Waals surface area contributed by atoms with Gasteiger partial charge >= 0.3 is 0 Å². The van der Waals surface area contributed by atoms with Crippen LogP contribution in [0.25, 0.3) is 0 Å². The molecule has 1 amide bonds. The Kier molecular flexibility index (Phi) is 4.68. The van der Waals surface area contributed by atoms with Gasteiger partial charge in [-0.15, -0.1) is 11.3 Å². The number of carbonyl (C=O) groups excluding carboxylic acids is 1. The third-order valence-corrected chi connectivity index (χ3v) is 4.76. The third kappa shape index (κ3) is 3.44. The van der Waals surface area contributed by atoms with Gasteiger partial charge in [-0.3, -0.25) is 9.59 Å². The number of nitrogens with one attached hydrogen (secondary N) is 2. The second-order valence-electron chi connectivity index (χ2n) is 5.51. The van der Waals surface area contributed by atoms with Crippen molar-refractivity contribution in [3.05, 3.63) is 49.8 Å². The van der Waals surface area contributed by atoms with E-state index in [0.717, 1.165) is 54.8 Å². The molecule has 0 saturated carbocycles. The van der Waals surface area contributed by atoms with Crippen molar-refractivity contribution in [3.63, 3.8) is 0 Å². The summed E-state index contributed by atoms with van der Waals surface area (Å²) in [6.07, 6.45) is 7.52. The van der Waals surface area contributed by atoms with E-state index in [4.69, 9.17) is 0 Å². The Bertz CT molecular complexity index is 707. The first-order valence-electron chi connectivity index (χ1n) is 7.65. The molecule has 2 heterocycles. The van der Waals surface area contributed by atoms with Crippen molar-refractivity contribution in [2.24, 2.45) is 0 Å². The van der Waals surface area contributed by atoms with Gasteiger partial charge in [0.05, 0.1) is 5.01 Å². The van der Waals surface area contributed by atoms with Crippen LogP contribution in [0, 0.1) is 0 Å². The summed E-state index contributed by atoms with van der Waals surface area (Å²) < 4.78 is 0. The standard InChI is InChI=1S/C16H19N3O2S/c20-15(18-7-3-6-14-17-8-9-22-14)12-10-11-4-1-2-5-13(11)19-16(12)21/h8-10H,1-7H2,(H,18,20)(H,19,21). The highest BCUT2D eigenvalue weighted by Gasteiger charge is 2.16. The van der Waals surface area contributed by atoms with E-state index in [0.29, 0.717) is 6.54 Å². The molecular formula is C16H19N3O2S. The minimum atomic E-state index is -0.284. The lowest BCUT2D eigenvalue weighted by molar-refractivity contribution is 0.0951. The molecule has 22 heavy (non-hydrogen) atoms. The van der Waals surface area contributed by atoms with Gasteiger partial charge < -0.3 is 10.3 Å². The largest absolute Gasteiger partial charge is 0.352 e. The first-order chi connectivity index (χ1) is 10.7. The Balaban J connectivity index is 1.59. The summed E-state index contributed by atoms with van der Waals surface area (Å²) in [5, 5.41) is 5.84. The summed E-state index contributed by atoms with van der Waals surface area (Å²) in [6, 6.07) is 1.77. The van der Waals surface area contributed by atoms with Gasteiger partial charge in [-0.25, -0.2) is 4.98 Å². The number of hydrogen-bond donors (Lipinski definition) is 2. The minimum Gasteiger partial charge on any atom is -0.352 e. The van der Waals surface area contributed by atoms with Crippen LogP contribution in [0.4, 0.5) is 0 Å². The molecule has 2 aromatic rings. The second-order valence-corrected chi connectivity index (χ2v) is 6.49. The number of hydrogen-bond acceptors (Lipinski definition) is 4. The monoisotopic (exact) mass is 317 g/mol. The zero-order valence-electron chi connectivity index (χ0n) is 12.4. The molecule has 1 aliphatic rings. The van der Waals surface area contributed by atoms with Crippen LogP contribution in [0.3, 0.4) is 0 Å². The molecule has 0 aromatic carbocycles. The zero-order chi connectivity index (χ0) is 15.4. The lowest BCUT2D eigenvalue weighted by atomic mass is 9.95. The number of aromatic amines is 1. The van der Waals surface area contributed by atoms with Crippen LogP contribution in [0.5, 0.6) is 0 Å². The van der Waals surface area contributed by atoms with E-state index in [1.807, 2.05) is 5.38 Å². The van der Waals surface area contributed by atoms with Crippen LogP contribution in [0.15, 0.2) is 22.4 Å². The van der Waals surface area contributed by atoms with Crippen molar-refractivity contribution in [3.8, 4) is 0 Å². The van der Waals surface area contributed by atoms with E-state index in [1.54, 1.807) is 23.6 Å². The van der Waals surface area contributed by atoms with E-state index in [9.17, 15) is 9.59 Å². The maximum atomic E-state index is 12.2. The molecular weight excluding hydrogens is 298 g/mol. The highest BCUT2D eigenvalue weighted by molar-refractivity contribution is 7.09. The van der Waals surface area contributed by atoms with Gasteiger partial charge in [-0.1, -0.05) is 0 Å². The number of thiazole rings is 1. The number of amides is 1. The zero-order valence-corrected chi connectivity index (χ0v) is 13.2. The average molecular weight is 317 g/mol. The van der Waals surface area contributed by atoms with Crippen molar-refractivity contribution in [2.75, 3.05) is 6.54 Å². The summed E-state index contributed by atoms with van der Waals surface area (Å²) in [5.74, 6) is -0.284. The van der Waals surface area contributed by atoms with E-state index in [1.165, 1.54) is 0 Å². The number of fused-ring (bicyclic) bond motifs is 1.